The Labute approximate surface area is 88.8 Å². The van der Waals surface area contributed by atoms with Gasteiger partial charge in [0.1, 0.15) is 5.54 Å². The Morgan fingerprint density at radius 2 is 2.27 bits per heavy atom. The summed E-state index contributed by atoms with van der Waals surface area (Å²) in [5, 5.41) is 2.66. The van der Waals surface area contributed by atoms with Gasteiger partial charge < -0.3 is 10.1 Å². The maximum atomic E-state index is 11.8. The molecular weight excluding hydrogens is 196 g/mol. The number of carbonyl (C=O) groups excluding carboxylic acids is 2. The van der Waals surface area contributed by atoms with Gasteiger partial charge in [-0.1, -0.05) is 0 Å². The third kappa shape index (κ3) is 1.84. The van der Waals surface area contributed by atoms with Crippen molar-refractivity contribution >= 4 is 11.9 Å². The van der Waals surface area contributed by atoms with Gasteiger partial charge >= 0.3 is 6.03 Å². The highest BCUT2D eigenvalue weighted by Crippen LogP contribution is 2.21. The summed E-state index contributed by atoms with van der Waals surface area (Å²) in [6.45, 7) is 5.31. The number of imide groups is 1. The first-order valence-corrected chi connectivity index (χ1v) is 5.22. The zero-order valence-corrected chi connectivity index (χ0v) is 9.08. The van der Waals surface area contributed by atoms with Crippen molar-refractivity contribution in [3.05, 3.63) is 0 Å². The zero-order valence-electron chi connectivity index (χ0n) is 9.08. The number of ether oxygens (including phenoxy) is 1. The fraction of sp³-hybridized carbons (Fsp3) is 0.800. The van der Waals surface area contributed by atoms with Gasteiger partial charge in [-0.2, -0.15) is 0 Å². The Morgan fingerprint density at radius 3 is 2.73 bits per heavy atom. The predicted molar refractivity (Wildman–Crippen MR) is 53.2 cm³/mol. The van der Waals surface area contributed by atoms with Crippen LogP contribution in [-0.2, 0) is 9.53 Å². The minimum atomic E-state index is -0.753. The topological polar surface area (TPSA) is 58.6 Å². The summed E-state index contributed by atoms with van der Waals surface area (Å²) in [5.41, 5.74) is -0.753. The van der Waals surface area contributed by atoms with E-state index in [0.29, 0.717) is 19.1 Å². The van der Waals surface area contributed by atoms with Crippen molar-refractivity contribution < 1.29 is 14.3 Å². The molecule has 1 N–H and O–H groups in total. The van der Waals surface area contributed by atoms with Gasteiger partial charge in [-0.3, -0.25) is 9.69 Å². The van der Waals surface area contributed by atoms with Crippen LogP contribution in [0.2, 0.25) is 0 Å². The van der Waals surface area contributed by atoms with Crippen LogP contribution >= 0.6 is 0 Å². The molecule has 5 heteroatoms. The second-order valence-electron chi connectivity index (χ2n) is 4.70. The molecule has 2 fully saturated rings. The monoisotopic (exact) mass is 212 g/mol. The first kappa shape index (κ1) is 10.4. The van der Waals surface area contributed by atoms with Crippen LogP contribution in [0.3, 0.4) is 0 Å². The van der Waals surface area contributed by atoms with Gasteiger partial charge in [-0.05, 0) is 20.3 Å². The summed E-state index contributed by atoms with van der Waals surface area (Å²) in [6.07, 6.45) is 0.928. The van der Waals surface area contributed by atoms with Crippen molar-refractivity contribution in [3.8, 4) is 0 Å². The van der Waals surface area contributed by atoms with Gasteiger partial charge in [0.2, 0.25) is 0 Å². The quantitative estimate of drug-likeness (QED) is 0.672. The Morgan fingerprint density at radius 1 is 1.53 bits per heavy atom. The molecule has 0 aromatic heterocycles. The van der Waals surface area contributed by atoms with E-state index in [1.807, 2.05) is 0 Å². The average Bonchev–Trinajstić information content (AvgIpc) is 2.69. The molecule has 0 spiro atoms. The minimum Gasteiger partial charge on any atom is -0.381 e. The summed E-state index contributed by atoms with van der Waals surface area (Å²) in [6, 6.07) is -0.281. The van der Waals surface area contributed by atoms with Gasteiger partial charge in [0, 0.05) is 19.1 Å². The number of rotatable bonds is 2. The van der Waals surface area contributed by atoms with Gasteiger partial charge in [-0.25, -0.2) is 4.79 Å². The summed E-state index contributed by atoms with van der Waals surface area (Å²) in [5.74, 6) is 0.160. The number of urea groups is 1. The lowest BCUT2D eigenvalue weighted by Crippen LogP contribution is -2.41. The molecule has 2 rings (SSSR count). The lowest BCUT2D eigenvalue weighted by atomic mass is 10.1. The molecule has 0 aromatic rings. The van der Waals surface area contributed by atoms with Crippen molar-refractivity contribution in [2.45, 2.75) is 25.8 Å². The Bertz CT molecular complexity index is 295. The van der Waals surface area contributed by atoms with Crippen LogP contribution in [0.1, 0.15) is 20.3 Å². The normalized spacial score (nSPS) is 29.7. The molecule has 15 heavy (non-hydrogen) atoms. The number of carbonyl (C=O) groups is 2. The van der Waals surface area contributed by atoms with E-state index in [4.69, 9.17) is 4.74 Å². The van der Waals surface area contributed by atoms with Crippen LogP contribution in [0, 0.1) is 5.92 Å². The second kappa shape index (κ2) is 3.48. The highest BCUT2D eigenvalue weighted by atomic mass is 16.5. The molecule has 0 radical (unpaired) electrons. The van der Waals surface area contributed by atoms with Crippen LogP contribution in [-0.4, -0.2) is 42.1 Å². The number of nitrogens with zero attached hydrogens (tertiary/aromatic N) is 1. The van der Waals surface area contributed by atoms with E-state index >= 15 is 0 Å². The van der Waals surface area contributed by atoms with E-state index in [9.17, 15) is 9.59 Å². The number of nitrogens with one attached hydrogen (secondary N) is 1. The molecule has 2 saturated heterocycles. The molecule has 0 bridgehead atoms. The van der Waals surface area contributed by atoms with E-state index < -0.39 is 5.54 Å². The van der Waals surface area contributed by atoms with Crippen LogP contribution in [0.4, 0.5) is 4.79 Å². The number of hydrogen-bond donors (Lipinski definition) is 1. The standard InChI is InChI=1S/C10H16N2O3/c1-10(2)8(13)12(9(14)11-10)5-7-3-4-15-6-7/h7H,3-6H2,1-2H3,(H,11,14). The predicted octanol–water partition coefficient (Wildman–Crippen LogP) is 0.353. The fourth-order valence-electron chi connectivity index (χ4n) is 1.97. The molecule has 2 heterocycles. The summed E-state index contributed by atoms with van der Waals surface area (Å²) in [7, 11) is 0. The average molecular weight is 212 g/mol. The van der Waals surface area contributed by atoms with E-state index in [0.717, 1.165) is 13.0 Å². The Kier molecular flexibility index (Phi) is 2.42. The van der Waals surface area contributed by atoms with Crippen LogP contribution in [0.5, 0.6) is 0 Å². The van der Waals surface area contributed by atoms with Crippen LogP contribution in [0.25, 0.3) is 0 Å². The van der Waals surface area contributed by atoms with E-state index in [-0.39, 0.29) is 11.9 Å². The van der Waals surface area contributed by atoms with E-state index in [1.54, 1.807) is 13.8 Å². The van der Waals surface area contributed by atoms with Crippen LogP contribution < -0.4 is 5.32 Å². The van der Waals surface area contributed by atoms with Crippen LogP contribution in [0.15, 0.2) is 0 Å². The molecule has 2 aliphatic rings. The Hall–Kier alpha value is -1.10. The highest BCUT2D eigenvalue weighted by Gasteiger charge is 2.44. The van der Waals surface area contributed by atoms with Gasteiger partial charge in [0.25, 0.3) is 5.91 Å². The van der Waals surface area contributed by atoms with Gasteiger partial charge in [-0.15, -0.1) is 0 Å². The summed E-state index contributed by atoms with van der Waals surface area (Å²) >= 11 is 0. The van der Waals surface area contributed by atoms with Crippen molar-refractivity contribution in [2.24, 2.45) is 5.92 Å². The molecular formula is C10H16N2O3. The third-order valence-electron chi connectivity index (χ3n) is 2.91. The first-order chi connectivity index (χ1) is 7.00. The molecule has 0 aromatic carbocycles. The lowest BCUT2D eigenvalue weighted by Gasteiger charge is -2.18. The number of hydrogen-bond acceptors (Lipinski definition) is 3. The molecule has 5 nitrogen and oxygen atoms in total. The lowest BCUT2D eigenvalue weighted by molar-refractivity contribution is -0.130. The zero-order chi connectivity index (χ0) is 11.1. The van der Waals surface area contributed by atoms with Gasteiger partial charge in [0.15, 0.2) is 0 Å². The largest absolute Gasteiger partial charge is 0.381 e. The summed E-state index contributed by atoms with van der Waals surface area (Å²) in [4.78, 5) is 24.7. The molecule has 3 amide bonds. The van der Waals surface area contributed by atoms with Crippen molar-refractivity contribution in [2.75, 3.05) is 19.8 Å². The first-order valence-electron chi connectivity index (χ1n) is 5.22. The van der Waals surface area contributed by atoms with Gasteiger partial charge in [0.05, 0.1) is 6.61 Å². The molecule has 0 saturated carbocycles. The third-order valence-corrected chi connectivity index (χ3v) is 2.91. The Balaban J connectivity index is 2.02. The smallest absolute Gasteiger partial charge is 0.325 e. The molecule has 2 aliphatic heterocycles. The van der Waals surface area contributed by atoms with E-state index in [1.165, 1.54) is 4.90 Å². The maximum absolute atomic E-state index is 11.8. The van der Waals surface area contributed by atoms with E-state index in [2.05, 4.69) is 5.32 Å². The molecule has 0 aliphatic carbocycles. The van der Waals surface area contributed by atoms with Crippen molar-refractivity contribution in [1.29, 1.82) is 0 Å². The summed E-state index contributed by atoms with van der Waals surface area (Å²) < 4.78 is 5.22. The van der Waals surface area contributed by atoms with Crippen molar-refractivity contribution in [1.82, 2.24) is 10.2 Å². The molecule has 1 unspecified atom stereocenters. The molecule has 1 atom stereocenters. The maximum Gasteiger partial charge on any atom is 0.325 e. The molecule has 84 valence electrons. The highest BCUT2D eigenvalue weighted by molar-refractivity contribution is 6.06. The minimum absolute atomic E-state index is 0.139. The second-order valence-corrected chi connectivity index (χ2v) is 4.70. The SMILES string of the molecule is CC1(C)NC(=O)N(CC2CCOC2)C1=O. The number of amides is 3. The van der Waals surface area contributed by atoms with Crippen molar-refractivity contribution in [3.63, 3.8) is 0 Å². The fourth-order valence-corrected chi connectivity index (χ4v) is 1.97.